The molecule has 0 aromatic heterocycles. The van der Waals surface area contributed by atoms with Gasteiger partial charge >= 0.3 is 0 Å². The van der Waals surface area contributed by atoms with E-state index in [-0.39, 0.29) is 0 Å². The van der Waals surface area contributed by atoms with E-state index in [0.717, 1.165) is 31.8 Å². The predicted molar refractivity (Wildman–Crippen MR) is 220 cm³/mol. The molecule has 0 saturated carbocycles. The van der Waals surface area contributed by atoms with Gasteiger partial charge in [0.15, 0.2) is 14.3 Å². The first-order valence-electron chi connectivity index (χ1n) is 17.3. The molecule has 0 radical (unpaired) electrons. The minimum absolute atomic E-state index is 0.953. The summed E-state index contributed by atoms with van der Waals surface area (Å²) in [7, 11) is -9.34. The van der Waals surface area contributed by atoms with E-state index in [4.69, 9.17) is 0 Å². The Kier molecular flexibility index (Phi) is 7.03. The van der Waals surface area contributed by atoms with Crippen molar-refractivity contribution >= 4 is 83.0 Å². The average Bonchev–Trinajstić information content (AvgIpc) is 3.78. The monoisotopic (exact) mass is 716 g/mol. The molecule has 0 bridgehead atoms. The lowest BCUT2D eigenvalue weighted by Crippen LogP contribution is -2.41. The van der Waals surface area contributed by atoms with Crippen LogP contribution in [-0.2, 0) is 9.13 Å². The minimum atomic E-state index is -2.81. The van der Waals surface area contributed by atoms with Crippen LogP contribution in [0.5, 0.6) is 0 Å². The summed E-state index contributed by atoms with van der Waals surface area (Å²) in [5.74, 6) is 0. The quantitative estimate of drug-likeness (QED) is 0.133. The maximum atomic E-state index is 14.7. The topological polar surface area (TPSA) is 34.1 Å². The lowest BCUT2D eigenvalue weighted by Gasteiger charge is -2.23. The number of hydrogen-bond acceptors (Lipinski definition) is 2. The smallest absolute Gasteiger partial charge is 0.172 e. The summed E-state index contributed by atoms with van der Waals surface area (Å²) in [6.45, 7) is 9.58. The van der Waals surface area contributed by atoms with Crippen LogP contribution in [0.3, 0.4) is 0 Å². The Morgan fingerprint density at radius 1 is 0.360 bits per heavy atom. The van der Waals surface area contributed by atoms with E-state index >= 15 is 0 Å². The summed E-state index contributed by atoms with van der Waals surface area (Å²) in [4.78, 5) is 0. The van der Waals surface area contributed by atoms with Gasteiger partial charge in [0.2, 0.25) is 0 Å². The maximum absolute atomic E-state index is 14.7. The van der Waals surface area contributed by atoms with E-state index in [2.05, 4.69) is 111 Å². The van der Waals surface area contributed by atoms with E-state index in [9.17, 15) is 9.13 Å². The normalized spacial score (nSPS) is 22.5. The van der Waals surface area contributed by atoms with Gasteiger partial charge in [0.25, 0.3) is 0 Å². The molecule has 4 aliphatic rings. The Morgan fingerprint density at radius 3 is 1.04 bits per heavy atom. The van der Waals surface area contributed by atoms with Gasteiger partial charge in [-0.25, -0.2) is 0 Å². The van der Waals surface area contributed by atoms with Gasteiger partial charge in [0.05, 0.1) is 0 Å². The van der Waals surface area contributed by atoms with Crippen molar-refractivity contribution in [3.63, 3.8) is 0 Å². The number of hydrogen-bond donors (Lipinski definition) is 0. The molecular weight excluding hydrogens is 679 g/mol. The second-order valence-electron chi connectivity index (χ2n) is 14.7. The minimum Gasteiger partial charge on any atom is -0.309 e. The zero-order valence-electron chi connectivity index (χ0n) is 28.7. The van der Waals surface area contributed by atoms with Crippen molar-refractivity contribution < 1.29 is 9.13 Å². The Labute approximate surface area is 297 Å². The zero-order chi connectivity index (χ0) is 34.5. The molecule has 0 fully saturated rings. The third-order valence-electron chi connectivity index (χ3n) is 11.3. The molecule has 6 aromatic rings. The van der Waals surface area contributed by atoms with Gasteiger partial charge in [0.1, 0.15) is 16.1 Å². The first kappa shape index (κ1) is 31.7. The van der Waals surface area contributed by atoms with Crippen molar-refractivity contribution in [2.75, 3.05) is 0 Å². The molecule has 0 amide bonds. The van der Waals surface area contributed by atoms with Crippen molar-refractivity contribution in [1.29, 1.82) is 0 Å². The van der Waals surface area contributed by atoms with Crippen LogP contribution in [0.4, 0.5) is 0 Å². The van der Waals surface area contributed by atoms with Crippen LogP contribution in [0.25, 0.3) is 21.0 Å². The largest absolute Gasteiger partial charge is 0.309 e. The highest BCUT2D eigenvalue weighted by atomic mass is 31.2. The van der Waals surface area contributed by atoms with Gasteiger partial charge in [-0.3, -0.25) is 0 Å². The Balaban J connectivity index is 0.000000135. The fraction of sp³-hybridized carbons (Fsp3) is 0.0909. The third-order valence-corrected chi connectivity index (χ3v) is 25.2. The SMILES string of the molecule is C[Si]1(C)C2=C(c3ccccc31)[P@@](=O)(c1ccccc1)c1ccccc12.C[Si]1(C)C2=C(c3ccccc31)[P@@](=O)(c1ccccc1)c1ccccc12. The van der Waals surface area contributed by atoms with E-state index in [1.807, 2.05) is 72.8 Å². The van der Waals surface area contributed by atoms with E-state index in [1.165, 1.54) is 43.0 Å². The molecule has 244 valence electrons. The molecule has 0 saturated heterocycles. The third kappa shape index (κ3) is 4.08. The van der Waals surface area contributed by atoms with Gasteiger partial charge in [-0.2, -0.15) is 0 Å². The molecular formula is C44H38O2P2Si2. The van der Waals surface area contributed by atoms with E-state index in [0.29, 0.717) is 0 Å². The fourth-order valence-electron chi connectivity index (χ4n) is 9.15. The van der Waals surface area contributed by atoms with Crippen molar-refractivity contribution in [2.24, 2.45) is 0 Å². The second-order valence-corrected chi connectivity index (χ2v) is 28.6. The van der Waals surface area contributed by atoms with Crippen LogP contribution in [0.2, 0.25) is 26.2 Å². The maximum Gasteiger partial charge on any atom is 0.172 e. The predicted octanol–water partition coefficient (Wildman–Crippen LogP) is 8.70. The Bertz CT molecular complexity index is 2370. The van der Waals surface area contributed by atoms with Gasteiger partial charge in [-0.05, 0) is 43.0 Å². The Hall–Kier alpha value is -4.31. The van der Waals surface area contributed by atoms with E-state index in [1.54, 1.807) is 0 Å². The van der Waals surface area contributed by atoms with Gasteiger partial charge in [0, 0.05) is 31.8 Å². The van der Waals surface area contributed by atoms with Gasteiger partial charge in [-0.15, -0.1) is 0 Å². The lowest BCUT2D eigenvalue weighted by atomic mass is 10.1. The van der Waals surface area contributed by atoms with Gasteiger partial charge < -0.3 is 9.13 Å². The molecule has 0 aliphatic carbocycles. The molecule has 0 unspecified atom stereocenters. The summed E-state index contributed by atoms with van der Waals surface area (Å²) in [5.41, 5.74) is 4.88. The number of benzene rings is 6. The highest BCUT2D eigenvalue weighted by Gasteiger charge is 2.54. The van der Waals surface area contributed by atoms with Crippen LogP contribution in [0.15, 0.2) is 158 Å². The summed E-state index contributed by atoms with van der Waals surface area (Å²) in [6, 6.07) is 54.1. The van der Waals surface area contributed by atoms with Crippen LogP contribution in [0, 0.1) is 0 Å². The van der Waals surface area contributed by atoms with Crippen LogP contribution in [-0.4, -0.2) is 16.1 Å². The number of fused-ring (bicyclic) bond motifs is 8. The molecule has 4 heterocycles. The van der Waals surface area contributed by atoms with E-state index < -0.39 is 30.4 Å². The van der Waals surface area contributed by atoms with Crippen LogP contribution >= 0.6 is 14.3 Å². The van der Waals surface area contributed by atoms with Crippen LogP contribution < -0.4 is 31.6 Å². The molecule has 10 rings (SSSR count). The summed E-state index contributed by atoms with van der Waals surface area (Å²) >= 11 is 0. The van der Waals surface area contributed by atoms with Crippen molar-refractivity contribution in [2.45, 2.75) is 26.2 Å². The first-order valence-corrected chi connectivity index (χ1v) is 26.8. The van der Waals surface area contributed by atoms with Crippen molar-refractivity contribution in [3.8, 4) is 0 Å². The highest BCUT2D eigenvalue weighted by Crippen LogP contribution is 2.68. The Morgan fingerprint density at radius 2 is 0.660 bits per heavy atom. The van der Waals surface area contributed by atoms with Gasteiger partial charge in [-0.1, -0.05) is 184 Å². The molecule has 4 aliphatic heterocycles. The first-order chi connectivity index (χ1) is 24.1. The standard InChI is InChI=1S/2C22H19OPSi/c2*1-25(2)20-15-9-7-13-18(20)21-22(25)17-12-6-8-14-19(17)24(21,23)16-10-4-3-5-11-16/h2*3-15H,1-2H3/t2*24-/m11/s1. The van der Waals surface area contributed by atoms with Crippen LogP contribution in [0.1, 0.15) is 22.3 Å². The molecule has 6 heteroatoms. The van der Waals surface area contributed by atoms with Crippen molar-refractivity contribution in [1.82, 2.24) is 0 Å². The molecule has 50 heavy (non-hydrogen) atoms. The molecule has 0 spiro atoms. The summed E-state index contributed by atoms with van der Waals surface area (Å²) in [5, 5.41) is 11.8. The molecule has 6 aromatic carbocycles. The molecule has 2 atom stereocenters. The van der Waals surface area contributed by atoms with Crippen molar-refractivity contribution in [3.05, 3.63) is 180 Å². The number of rotatable bonds is 2. The summed E-state index contributed by atoms with van der Waals surface area (Å²) in [6.07, 6.45) is 0. The summed E-state index contributed by atoms with van der Waals surface area (Å²) < 4.78 is 29.3. The second kappa shape index (κ2) is 11.1. The highest BCUT2D eigenvalue weighted by molar-refractivity contribution is 7.89. The fourth-order valence-corrected chi connectivity index (χ4v) is 25.1. The lowest BCUT2D eigenvalue weighted by molar-refractivity contribution is 0.592. The molecule has 2 nitrogen and oxygen atoms in total. The molecule has 0 N–H and O–H groups in total. The average molecular weight is 717 g/mol. The zero-order valence-corrected chi connectivity index (χ0v) is 32.5.